The SMILES string of the molecule is Nc1ccc(C(=O)Nc2ccc3ccccc3c2)c(C(=O)O)c1. The first-order chi connectivity index (χ1) is 11.0. The van der Waals surface area contributed by atoms with Crippen molar-refractivity contribution in [1.29, 1.82) is 0 Å². The third-order valence-corrected chi connectivity index (χ3v) is 3.53. The van der Waals surface area contributed by atoms with Crippen molar-refractivity contribution in [2.45, 2.75) is 0 Å². The van der Waals surface area contributed by atoms with E-state index < -0.39 is 11.9 Å². The van der Waals surface area contributed by atoms with Gasteiger partial charge in [0.15, 0.2) is 0 Å². The molecule has 5 nitrogen and oxygen atoms in total. The molecule has 0 aromatic heterocycles. The lowest BCUT2D eigenvalue weighted by Gasteiger charge is -2.09. The Kier molecular flexibility index (Phi) is 3.68. The Morgan fingerprint density at radius 2 is 1.61 bits per heavy atom. The van der Waals surface area contributed by atoms with Gasteiger partial charge in [0.25, 0.3) is 5.91 Å². The minimum absolute atomic E-state index is 0.0693. The third-order valence-electron chi connectivity index (χ3n) is 3.53. The van der Waals surface area contributed by atoms with Gasteiger partial charge < -0.3 is 16.2 Å². The van der Waals surface area contributed by atoms with Crippen molar-refractivity contribution in [3.8, 4) is 0 Å². The lowest BCUT2D eigenvalue weighted by Crippen LogP contribution is -2.16. The second-order valence-electron chi connectivity index (χ2n) is 5.13. The summed E-state index contributed by atoms with van der Waals surface area (Å²) in [6, 6.07) is 17.5. The summed E-state index contributed by atoms with van der Waals surface area (Å²) in [5, 5.41) is 14.0. The smallest absolute Gasteiger partial charge is 0.336 e. The second-order valence-corrected chi connectivity index (χ2v) is 5.13. The zero-order valence-corrected chi connectivity index (χ0v) is 12.1. The van der Waals surface area contributed by atoms with Crippen molar-refractivity contribution in [2.75, 3.05) is 11.1 Å². The Balaban J connectivity index is 1.93. The summed E-state index contributed by atoms with van der Waals surface area (Å²) in [6.45, 7) is 0. The lowest BCUT2D eigenvalue weighted by atomic mass is 10.1. The predicted molar refractivity (Wildman–Crippen MR) is 89.7 cm³/mol. The number of benzene rings is 3. The lowest BCUT2D eigenvalue weighted by molar-refractivity contribution is 0.0692. The fourth-order valence-electron chi connectivity index (χ4n) is 2.40. The van der Waals surface area contributed by atoms with Crippen LogP contribution in [0.5, 0.6) is 0 Å². The van der Waals surface area contributed by atoms with Gasteiger partial charge in [0.05, 0.1) is 11.1 Å². The van der Waals surface area contributed by atoms with E-state index in [1.807, 2.05) is 36.4 Å². The number of rotatable bonds is 3. The number of carboxylic acids is 1. The molecule has 3 aromatic carbocycles. The van der Waals surface area contributed by atoms with Gasteiger partial charge in [0.1, 0.15) is 0 Å². The Labute approximate surface area is 132 Å². The molecule has 0 radical (unpaired) electrons. The van der Waals surface area contributed by atoms with Crippen LogP contribution in [0, 0.1) is 0 Å². The van der Waals surface area contributed by atoms with Crippen LogP contribution in [0.3, 0.4) is 0 Å². The second kappa shape index (κ2) is 5.81. The van der Waals surface area contributed by atoms with Gasteiger partial charge in [-0.1, -0.05) is 30.3 Å². The Morgan fingerprint density at radius 3 is 2.35 bits per heavy atom. The molecule has 23 heavy (non-hydrogen) atoms. The van der Waals surface area contributed by atoms with E-state index in [0.29, 0.717) is 11.4 Å². The van der Waals surface area contributed by atoms with Gasteiger partial charge in [-0.2, -0.15) is 0 Å². The number of nitrogens with two attached hydrogens (primary N) is 1. The fourth-order valence-corrected chi connectivity index (χ4v) is 2.40. The molecule has 5 heteroatoms. The molecule has 0 aliphatic carbocycles. The van der Waals surface area contributed by atoms with E-state index in [4.69, 9.17) is 5.73 Å². The molecule has 0 aliphatic rings. The first-order valence-corrected chi connectivity index (χ1v) is 6.97. The summed E-state index contributed by atoms with van der Waals surface area (Å²) in [6.07, 6.45) is 0. The summed E-state index contributed by atoms with van der Waals surface area (Å²) in [7, 11) is 0. The summed E-state index contributed by atoms with van der Waals surface area (Å²) < 4.78 is 0. The van der Waals surface area contributed by atoms with Crippen LogP contribution in [0.1, 0.15) is 20.7 Å². The molecule has 0 spiro atoms. The highest BCUT2D eigenvalue weighted by Crippen LogP contribution is 2.21. The zero-order valence-electron chi connectivity index (χ0n) is 12.1. The summed E-state index contributed by atoms with van der Waals surface area (Å²) in [5.41, 5.74) is 6.43. The molecule has 0 aliphatic heterocycles. The van der Waals surface area contributed by atoms with E-state index in [1.54, 1.807) is 6.07 Å². The number of nitrogen functional groups attached to an aromatic ring is 1. The first kappa shape index (κ1) is 14.6. The number of carbonyl (C=O) groups excluding carboxylic acids is 1. The monoisotopic (exact) mass is 306 g/mol. The van der Waals surface area contributed by atoms with Crippen LogP contribution in [0.4, 0.5) is 11.4 Å². The van der Waals surface area contributed by atoms with E-state index in [0.717, 1.165) is 10.8 Å². The maximum absolute atomic E-state index is 12.4. The number of hydrogen-bond acceptors (Lipinski definition) is 3. The quantitative estimate of drug-likeness (QED) is 0.647. The van der Waals surface area contributed by atoms with Gasteiger partial charge in [0, 0.05) is 11.4 Å². The van der Waals surface area contributed by atoms with Crippen LogP contribution < -0.4 is 11.1 Å². The van der Waals surface area contributed by atoms with Gasteiger partial charge in [-0.25, -0.2) is 4.79 Å². The predicted octanol–water partition coefficient (Wildman–Crippen LogP) is 3.37. The molecule has 3 aromatic rings. The number of hydrogen-bond donors (Lipinski definition) is 3. The van der Waals surface area contributed by atoms with Crippen molar-refractivity contribution in [3.63, 3.8) is 0 Å². The number of amides is 1. The van der Waals surface area contributed by atoms with Gasteiger partial charge in [-0.15, -0.1) is 0 Å². The Bertz CT molecular complexity index is 919. The van der Waals surface area contributed by atoms with E-state index >= 15 is 0 Å². The number of aromatic carboxylic acids is 1. The molecule has 0 unspecified atom stereocenters. The third kappa shape index (κ3) is 2.98. The number of carbonyl (C=O) groups is 2. The molecule has 0 bridgehead atoms. The number of carboxylic acid groups (broad SMARTS) is 1. The van der Waals surface area contributed by atoms with Crippen molar-refractivity contribution < 1.29 is 14.7 Å². The van der Waals surface area contributed by atoms with Gasteiger partial charge in [-0.05, 0) is 41.1 Å². The summed E-state index contributed by atoms with van der Waals surface area (Å²) in [4.78, 5) is 23.6. The van der Waals surface area contributed by atoms with Crippen molar-refractivity contribution in [2.24, 2.45) is 0 Å². The van der Waals surface area contributed by atoms with E-state index in [1.165, 1.54) is 18.2 Å². The summed E-state index contributed by atoms with van der Waals surface area (Å²) >= 11 is 0. The molecular weight excluding hydrogens is 292 g/mol. The van der Waals surface area contributed by atoms with Crippen LogP contribution in [0.25, 0.3) is 10.8 Å². The normalized spacial score (nSPS) is 10.4. The van der Waals surface area contributed by atoms with Crippen LogP contribution >= 0.6 is 0 Å². The van der Waals surface area contributed by atoms with Gasteiger partial charge in [-0.3, -0.25) is 4.79 Å². The standard InChI is InChI=1S/C18H14N2O3/c19-13-6-8-15(16(10-13)18(22)23)17(21)20-14-7-5-11-3-1-2-4-12(11)9-14/h1-10H,19H2,(H,20,21)(H,22,23). The van der Waals surface area contributed by atoms with E-state index in [2.05, 4.69) is 5.32 Å². The Morgan fingerprint density at radius 1 is 0.870 bits per heavy atom. The van der Waals surface area contributed by atoms with Gasteiger partial charge >= 0.3 is 5.97 Å². The van der Waals surface area contributed by atoms with Crippen molar-refractivity contribution in [1.82, 2.24) is 0 Å². The number of anilines is 2. The fraction of sp³-hybridized carbons (Fsp3) is 0. The molecule has 4 N–H and O–H groups in total. The van der Waals surface area contributed by atoms with Crippen molar-refractivity contribution in [3.05, 3.63) is 71.8 Å². The number of fused-ring (bicyclic) bond motifs is 1. The van der Waals surface area contributed by atoms with E-state index in [9.17, 15) is 14.7 Å². The van der Waals surface area contributed by atoms with Crippen LogP contribution in [0.2, 0.25) is 0 Å². The van der Waals surface area contributed by atoms with E-state index in [-0.39, 0.29) is 11.1 Å². The molecule has 1 amide bonds. The highest BCUT2D eigenvalue weighted by atomic mass is 16.4. The van der Waals surface area contributed by atoms with Crippen LogP contribution in [-0.2, 0) is 0 Å². The summed E-state index contributed by atoms with van der Waals surface area (Å²) in [5.74, 6) is -1.68. The molecular formula is C18H14N2O3. The molecule has 0 fully saturated rings. The number of nitrogens with one attached hydrogen (secondary N) is 1. The minimum Gasteiger partial charge on any atom is -0.478 e. The average molecular weight is 306 g/mol. The maximum Gasteiger partial charge on any atom is 0.336 e. The highest BCUT2D eigenvalue weighted by Gasteiger charge is 2.17. The topological polar surface area (TPSA) is 92.4 Å². The van der Waals surface area contributed by atoms with Crippen LogP contribution in [0.15, 0.2) is 60.7 Å². The average Bonchev–Trinajstić information content (AvgIpc) is 2.54. The van der Waals surface area contributed by atoms with Crippen LogP contribution in [-0.4, -0.2) is 17.0 Å². The van der Waals surface area contributed by atoms with Crippen molar-refractivity contribution >= 4 is 34.0 Å². The zero-order chi connectivity index (χ0) is 16.4. The first-order valence-electron chi connectivity index (χ1n) is 6.97. The largest absolute Gasteiger partial charge is 0.478 e. The highest BCUT2D eigenvalue weighted by molar-refractivity contribution is 6.11. The molecule has 0 saturated carbocycles. The van der Waals surface area contributed by atoms with Gasteiger partial charge in [0.2, 0.25) is 0 Å². The molecule has 114 valence electrons. The minimum atomic E-state index is -1.19. The maximum atomic E-state index is 12.4. The molecule has 0 heterocycles. The molecule has 0 saturated heterocycles. The molecule has 0 atom stereocenters. The molecule has 3 rings (SSSR count). The Hall–Kier alpha value is -3.34.